The van der Waals surface area contributed by atoms with Gasteiger partial charge in [-0.25, -0.2) is 0 Å². The summed E-state index contributed by atoms with van der Waals surface area (Å²) in [5.41, 5.74) is 2.13. The van der Waals surface area contributed by atoms with Gasteiger partial charge in [-0.15, -0.1) is 10.2 Å². The van der Waals surface area contributed by atoms with E-state index in [1.54, 1.807) is 6.92 Å². The molecule has 0 bridgehead atoms. The van der Waals surface area contributed by atoms with E-state index in [1.165, 1.54) is 5.56 Å². The SMILES string of the molecule is CCn1c(SC(C)C(=O)NCC(F)(F)F)nnc1-c1ccc(C(C)(C)C)cc1. The molecule has 0 fully saturated rings. The summed E-state index contributed by atoms with van der Waals surface area (Å²) in [5.74, 6) is -0.0302. The summed E-state index contributed by atoms with van der Waals surface area (Å²) in [7, 11) is 0. The molecule has 2 aromatic rings. The highest BCUT2D eigenvalue weighted by Crippen LogP contribution is 2.29. The van der Waals surface area contributed by atoms with E-state index in [1.807, 2.05) is 41.1 Å². The zero-order valence-electron chi connectivity index (χ0n) is 16.6. The molecule has 9 heteroatoms. The van der Waals surface area contributed by atoms with Crippen LogP contribution in [0.5, 0.6) is 0 Å². The largest absolute Gasteiger partial charge is 0.405 e. The zero-order valence-corrected chi connectivity index (χ0v) is 17.4. The van der Waals surface area contributed by atoms with Crippen molar-refractivity contribution in [3.63, 3.8) is 0 Å². The molecule has 0 saturated heterocycles. The Hall–Kier alpha value is -2.03. The van der Waals surface area contributed by atoms with Crippen molar-refractivity contribution in [1.82, 2.24) is 20.1 Å². The van der Waals surface area contributed by atoms with E-state index in [0.717, 1.165) is 17.3 Å². The van der Waals surface area contributed by atoms with Gasteiger partial charge in [0.05, 0.1) is 5.25 Å². The predicted molar refractivity (Wildman–Crippen MR) is 104 cm³/mol. The highest BCUT2D eigenvalue weighted by atomic mass is 32.2. The molecule has 28 heavy (non-hydrogen) atoms. The second-order valence-electron chi connectivity index (χ2n) is 7.47. The lowest BCUT2D eigenvalue weighted by Crippen LogP contribution is -2.38. The molecule has 1 N–H and O–H groups in total. The van der Waals surface area contributed by atoms with Crippen LogP contribution in [0, 0.1) is 0 Å². The van der Waals surface area contributed by atoms with Crippen molar-refractivity contribution < 1.29 is 18.0 Å². The number of hydrogen-bond acceptors (Lipinski definition) is 4. The van der Waals surface area contributed by atoms with Crippen molar-refractivity contribution in [2.24, 2.45) is 0 Å². The Balaban J connectivity index is 2.16. The second-order valence-corrected chi connectivity index (χ2v) is 8.78. The van der Waals surface area contributed by atoms with Gasteiger partial charge in [-0.2, -0.15) is 13.2 Å². The van der Waals surface area contributed by atoms with Gasteiger partial charge in [0.15, 0.2) is 11.0 Å². The standard InChI is InChI=1S/C19H25F3N4OS/c1-6-26-15(13-7-9-14(10-8-13)18(3,4)5)24-25-17(26)28-12(2)16(27)23-11-19(20,21)22/h7-10,12H,6,11H2,1-5H3,(H,23,27). The van der Waals surface area contributed by atoms with Crippen molar-refractivity contribution in [3.8, 4) is 11.4 Å². The van der Waals surface area contributed by atoms with Gasteiger partial charge >= 0.3 is 6.18 Å². The smallest absolute Gasteiger partial charge is 0.346 e. The van der Waals surface area contributed by atoms with Crippen molar-refractivity contribution in [3.05, 3.63) is 29.8 Å². The number of alkyl halides is 3. The van der Waals surface area contributed by atoms with Gasteiger partial charge in [-0.3, -0.25) is 4.79 Å². The van der Waals surface area contributed by atoms with Gasteiger partial charge in [-0.05, 0) is 24.8 Å². The van der Waals surface area contributed by atoms with Crippen molar-refractivity contribution >= 4 is 17.7 Å². The maximum atomic E-state index is 12.3. The fourth-order valence-corrected chi connectivity index (χ4v) is 3.47. The minimum absolute atomic E-state index is 0.0389. The Morgan fingerprint density at radius 3 is 2.29 bits per heavy atom. The Morgan fingerprint density at radius 1 is 1.18 bits per heavy atom. The van der Waals surface area contributed by atoms with Crippen LogP contribution in [0.2, 0.25) is 0 Å². The molecule has 0 aliphatic carbocycles. The Kier molecular flexibility index (Phi) is 6.80. The van der Waals surface area contributed by atoms with Crippen molar-refractivity contribution in [1.29, 1.82) is 0 Å². The predicted octanol–water partition coefficient (Wildman–Crippen LogP) is 4.42. The van der Waals surface area contributed by atoms with Crippen LogP contribution < -0.4 is 5.32 Å². The minimum atomic E-state index is -4.43. The highest BCUT2D eigenvalue weighted by Gasteiger charge is 2.29. The van der Waals surface area contributed by atoms with Gasteiger partial charge in [0.1, 0.15) is 6.54 Å². The first kappa shape index (κ1) is 22.3. The molecule has 5 nitrogen and oxygen atoms in total. The molecule has 0 spiro atoms. The van der Waals surface area contributed by atoms with Gasteiger partial charge in [-0.1, -0.05) is 56.8 Å². The minimum Gasteiger partial charge on any atom is -0.346 e. The molecule has 2 rings (SSSR count). The Morgan fingerprint density at radius 2 is 1.79 bits per heavy atom. The average molecular weight is 414 g/mol. The number of carbonyl (C=O) groups is 1. The van der Waals surface area contributed by atoms with Crippen LogP contribution >= 0.6 is 11.8 Å². The van der Waals surface area contributed by atoms with Crippen LogP contribution in [0.3, 0.4) is 0 Å². The maximum absolute atomic E-state index is 12.3. The summed E-state index contributed by atoms with van der Waals surface area (Å²) in [4.78, 5) is 11.9. The molecule has 0 aliphatic heterocycles. The summed E-state index contributed by atoms with van der Waals surface area (Å²) in [6, 6.07) is 8.05. The number of nitrogens with one attached hydrogen (secondary N) is 1. The zero-order chi connectivity index (χ0) is 21.1. The molecule has 0 aliphatic rings. The fraction of sp³-hybridized carbons (Fsp3) is 0.526. The van der Waals surface area contributed by atoms with E-state index in [4.69, 9.17) is 0 Å². The second kappa shape index (κ2) is 8.55. The summed E-state index contributed by atoms with van der Waals surface area (Å²) in [6.07, 6.45) is -4.43. The summed E-state index contributed by atoms with van der Waals surface area (Å²) < 4.78 is 38.7. The quantitative estimate of drug-likeness (QED) is 0.711. The molecular formula is C19H25F3N4OS. The topological polar surface area (TPSA) is 59.8 Å². The molecule has 1 heterocycles. The molecule has 1 atom stereocenters. The Bertz CT molecular complexity index is 810. The van der Waals surface area contributed by atoms with E-state index < -0.39 is 23.9 Å². The molecule has 154 valence electrons. The van der Waals surface area contributed by atoms with E-state index in [0.29, 0.717) is 17.5 Å². The summed E-state index contributed by atoms with van der Waals surface area (Å²) in [5, 5.41) is 10.0. The number of hydrogen-bond donors (Lipinski definition) is 1. The third-order valence-corrected chi connectivity index (χ3v) is 5.24. The van der Waals surface area contributed by atoms with E-state index in [9.17, 15) is 18.0 Å². The van der Waals surface area contributed by atoms with Crippen LogP contribution in [-0.2, 0) is 16.8 Å². The number of carbonyl (C=O) groups excluding carboxylic acids is 1. The van der Waals surface area contributed by atoms with Crippen molar-refractivity contribution in [2.45, 2.75) is 63.2 Å². The summed E-state index contributed by atoms with van der Waals surface area (Å²) >= 11 is 1.09. The van der Waals surface area contributed by atoms with Crippen LogP contribution in [0.15, 0.2) is 29.4 Å². The molecule has 1 aromatic carbocycles. The van der Waals surface area contributed by atoms with Crippen LogP contribution in [0.25, 0.3) is 11.4 Å². The Labute approximate surface area is 167 Å². The van der Waals surface area contributed by atoms with Crippen LogP contribution in [0.4, 0.5) is 13.2 Å². The van der Waals surface area contributed by atoms with E-state index in [-0.39, 0.29) is 5.41 Å². The molecule has 0 saturated carbocycles. The van der Waals surface area contributed by atoms with Gasteiger partial charge in [0.2, 0.25) is 5.91 Å². The van der Waals surface area contributed by atoms with E-state index in [2.05, 4.69) is 31.0 Å². The average Bonchev–Trinajstić information content (AvgIpc) is 3.00. The molecule has 1 unspecified atom stereocenters. The number of amides is 1. The lowest BCUT2D eigenvalue weighted by atomic mass is 9.87. The van der Waals surface area contributed by atoms with Gasteiger partial charge in [0.25, 0.3) is 0 Å². The normalized spacial score (nSPS) is 13.4. The number of thioether (sulfide) groups is 1. The number of rotatable bonds is 6. The summed E-state index contributed by atoms with van der Waals surface area (Å²) in [6.45, 7) is 9.10. The first-order valence-corrected chi connectivity index (χ1v) is 9.85. The number of benzene rings is 1. The lowest BCUT2D eigenvalue weighted by molar-refractivity contribution is -0.137. The van der Waals surface area contributed by atoms with Gasteiger partial charge in [0, 0.05) is 12.1 Å². The number of halogens is 3. The molecule has 1 aromatic heterocycles. The first-order chi connectivity index (χ1) is 12.9. The van der Waals surface area contributed by atoms with E-state index >= 15 is 0 Å². The van der Waals surface area contributed by atoms with Crippen LogP contribution in [0.1, 0.15) is 40.2 Å². The third kappa shape index (κ3) is 5.73. The number of aromatic nitrogens is 3. The third-order valence-electron chi connectivity index (χ3n) is 4.16. The highest BCUT2D eigenvalue weighted by molar-refractivity contribution is 8.00. The first-order valence-electron chi connectivity index (χ1n) is 8.97. The molecular weight excluding hydrogens is 389 g/mol. The fourth-order valence-electron chi connectivity index (χ4n) is 2.54. The molecule has 1 amide bonds. The molecule has 0 radical (unpaired) electrons. The lowest BCUT2D eigenvalue weighted by Gasteiger charge is -2.19. The maximum Gasteiger partial charge on any atom is 0.405 e. The van der Waals surface area contributed by atoms with Crippen LogP contribution in [-0.4, -0.2) is 38.6 Å². The van der Waals surface area contributed by atoms with Crippen molar-refractivity contribution in [2.75, 3.05) is 6.54 Å². The number of nitrogens with zero attached hydrogens (tertiary/aromatic N) is 3. The van der Waals surface area contributed by atoms with Gasteiger partial charge < -0.3 is 9.88 Å². The monoisotopic (exact) mass is 414 g/mol.